The van der Waals surface area contributed by atoms with Gasteiger partial charge in [-0.25, -0.2) is 0 Å². The quantitative estimate of drug-likeness (QED) is 0.127. The number of aliphatic imine (C=N–C) groups is 1. The van der Waals surface area contributed by atoms with E-state index in [9.17, 15) is 9.90 Å². The summed E-state index contributed by atoms with van der Waals surface area (Å²) in [4.78, 5) is 16.0. The highest BCUT2D eigenvalue weighted by Crippen LogP contribution is 2.15. The van der Waals surface area contributed by atoms with Crippen molar-refractivity contribution in [1.29, 1.82) is 0 Å². The van der Waals surface area contributed by atoms with Gasteiger partial charge in [-0.1, -0.05) is 66.6 Å². The van der Waals surface area contributed by atoms with Crippen LogP contribution in [-0.2, 0) is 15.6 Å². The molecule has 0 bridgehead atoms. The largest absolute Gasteiger partial charge is 0.511 e. The van der Waals surface area contributed by atoms with Crippen molar-refractivity contribution in [2.75, 3.05) is 20.7 Å². The fourth-order valence-electron chi connectivity index (χ4n) is 2.86. The molecule has 7 heteroatoms. The second-order valence-corrected chi connectivity index (χ2v) is 8.93. The molecule has 0 amide bonds. The highest BCUT2D eigenvalue weighted by molar-refractivity contribution is 6.08. The molecule has 0 aliphatic rings. The summed E-state index contributed by atoms with van der Waals surface area (Å²) in [5.74, 6) is 1.71. The predicted octanol–water partition coefficient (Wildman–Crippen LogP) is 7.99. The fraction of sp³-hybridized carbons (Fsp3) is 0.355. The summed E-state index contributed by atoms with van der Waals surface area (Å²) in [6, 6.07) is 18.3. The van der Waals surface area contributed by atoms with Gasteiger partial charge in [-0.2, -0.15) is 0 Å². The monoisotopic (exact) mass is 542 g/mol. The van der Waals surface area contributed by atoms with Crippen LogP contribution in [0.15, 0.2) is 94.5 Å². The van der Waals surface area contributed by atoms with Gasteiger partial charge in [0.1, 0.15) is 35.4 Å². The Kier molecular flexibility index (Phi) is 19.8. The van der Waals surface area contributed by atoms with E-state index in [0.717, 1.165) is 30.6 Å². The van der Waals surface area contributed by atoms with Gasteiger partial charge >= 0.3 is 0 Å². The summed E-state index contributed by atoms with van der Waals surface area (Å²) in [5.41, 5.74) is 4.13. The lowest BCUT2D eigenvalue weighted by atomic mass is 10.2. The lowest BCUT2D eigenvalue weighted by Gasteiger charge is -2.11. The minimum Gasteiger partial charge on any atom is -0.511 e. The highest BCUT2D eigenvalue weighted by Gasteiger charge is 2.01. The van der Waals surface area contributed by atoms with Crippen molar-refractivity contribution < 1.29 is 18.9 Å². The Balaban J connectivity index is 0.000000610. The van der Waals surface area contributed by atoms with E-state index >= 15 is 0 Å². The molecule has 0 heterocycles. The zero-order valence-electron chi connectivity index (χ0n) is 23.6. The molecule has 0 unspecified atom stereocenters. The van der Waals surface area contributed by atoms with Crippen LogP contribution in [0.5, 0.6) is 5.75 Å². The highest BCUT2D eigenvalue weighted by atomic mass is 35.5. The molecule has 0 saturated heterocycles. The molecule has 0 saturated carbocycles. The van der Waals surface area contributed by atoms with E-state index in [1.54, 1.807) is 13.0 Å². The Morgan fingerprint density at radius 2 is 1.71 bits per heavy atom. The molecule has 2 rings (SSSR count). The maximum atomic E-state index is 10.1. The van der Waals surface area contributed by atoms with Gasteiger partial charge in [0.25, 0.3) is 0 Å². The van der Waals surface area contributed by atoms with Gasteiger partial charge < -0.3 is 23.8 Å². The van der Waals surface area contributed by atoms with Gasteiger partial charge in [-0.15, -0.1) is 0 Å². The van der Waals surface area contributed by atoms with Crippen LogP contribution >= 0.6 is 11.9 Å². The van der Waals surface area contributed by atoms with Gasteiger partial charge in [-0.3, -0.25) is 4.99 Å². The number of aldehydes is 1. The summed E-state index contributed by atoms with van der Waals surface area (Å²) >= 11 is 5.16. The van der Waals surface area contributed by atoms with Gasteiger partial charge in [0.2, 0.25) is 0 Å². The maximum Gasteiger partial charge on any atom is 0.134 e. The van der Waals surface area contributed by atoms with E-state index in [2.05, 4.69) is 52.1 Å². The zero-order chi connectivity index (χ0) is 28.8. The number of halogens is 1. The van der Waals surface area contributed by atoms with E-state index in [-0.39, 0.29) is 5.76 Å². The third kappa shape index (κ3) is 18.0. The summed E-state index contributed by atoms with van der Waals surface area (Å²) in [6.07, 6.45) is 6.21. The molecule has 2 aromatic rings. The number of hydrogen-bond donors (Lipinski definition) is 1. The van der Waals surface area contributed by atoms with E-state index in [0.29, 0.717) is 30.9 Å². The molecule has 6 nitrogen and oxygen atoms in total. The molecule has 0 aliphatic heterocycles. The van der Waals surface area contributed by atoms with Gasteiger partial charge in [-0.05, 0) is 65.4 Å². The first-order chi connectivity index (χ1) is 18.2. The van der Waals surface area contributed by atoms with Gasteiger partial charge in [0.05, 0.1) is 12.3 Å². The molecule has 0 aromatic heterocycles. The summed E-state index contributed by atoms with van der Waals surface area (Å²) in [6.45, 7) is 12.3. The van der Waals surface area contributed by atoms with Gasteiger partial charge in [0.15, 0.2) is 0 Å². The number of aliphatic hydroxyl groups is 1. The zero-order valence-corrected chi connectivity index (χ0v) is 24.4. The van der Waals surface area contributed by atoms with Crippen LogP contribution in [0.2, 0.25) is 0 Å². The number of aryl methyl sites for hydroxylation is 1. The molecule has 0 atom stereocenters. The summed E-state index contributed by atoms with van der Waals surface area (Å²) in [7, 11) is 4.08. The number of aliphatic hydroxyl groups excluding tert-OH is 1. The first kappa shape index (κ1) is 34.6. The maximum absolute atomic E-state index is 10.1. The number of benzene rings is 2. The van der Waals surface area contributed by atoms with E-state index in [4.69, 9.17) is 16.6 Å². The number of nitrogens with zero attached hydrogens (tertiary/aromatic N) is 2. The van der Waals surface area contributed by atoms with Crippen LogP contribution in [0.4, 0.5) is 0 Å². The van der Waals surface area contributed by atoms with Gasteiger partial charge in [0, 0.05) is 25.8 Å². The summed E-state index contributed by atoms with van der Waals surface area (Å²) in [5, 5.41) is 9.32. The lowest BCUT2D eigenvalue weighted by molar-refractivity contribution is -0.107. The number of hydrogen-bond acceptors (Lipinski definition) is 6. The van der Waals surface area contributed by atoms with Crippen molar-refractivity contribution in [1.82, 2.24) is 4.90 Å². The fourth-order valence-corrected chi connectivity index (χ4v) is 3.02. The molecular formula is C31H43ClN2O4. The van der Waals surface area contributed by atoms with Crippen molar-refractivity contribution >= 4 is 24.9 Å². The third-order valence-electron chi connectivity index (χ3n) is 4.99. The first-order valence-electron chi connectivity index (χ1n) is 12.5. The number of rotatable bonds is 12. The Labute approximate surface area is 234 Å². The molecule has 0 fully saturated rings. The minimum atomic E-state index is 0.194. The second kappa shape index (κ2) is 21.7. The van der Waals surface area contributed by atoms with E-state index in [1.165, 1.54) is 11.1 Å². The molecule has 0 aliphatic carbocycles. The summed E-state index contributed by atoms with van der Waals surface area (Å²) < 4.78 is 10.1. The van der Waals surface area contributed by atoms with Crippen LogP contribution in [0.3, 0.4) is 0 Å². The Morgan fingerprint density at radius 3 is 2.13 bits per heavy atom. The lowest BCUT2D eigenvalue weighted by Crippen LogP contribution is -2.10. The predicted molar refractivity (Wildman–Crippen MR) is 160 cm³/mol. The minimum absolute atomic E-state index is 0.194. The van der Waals surface area contributed by atoms with Crippen LogP contribution < -0.4 is 4.74 Å². The van der Waals surface area contributed by atoms with E-state index in [1.807, 2.05) is 64.4 Å². The normalized spacial score (nSPS) is 11.8. The Bertz CT molecular complexity index is 1000. The number of carbonyl (C=O) groups excluding carboxylic acids is 1. The van der Waals surface area contributed by atoms with Crippen molar-refractivity contribution in [3.63, 3.8) is 0 Å². The smallest absolute Gasteiger partial charge is 0.134 e. The van der Waals surface area contributed by atoms with Crippen molar-refractivity contribution in [2.24, 2.45) is 4.99 Å². The number of carbonyl (C=O) groups is 1. The topological polar surface area (TPSA) is 71.4 Å². The molecule has 2 aromatic carbocycles. The Hall–Kier alpha value is -3.35. The van der Waals surface area contributed by atoms with Crippen LogP contribution in [0, 0.1) is 6.92 Å². The van der Waals surface area contributed by atoms with Crippen molar-refractivity contribution in [3.8, 4) is 5.75 Å². The average molecular weight is 543 g/mol. The molecule has 1 N–H and O–H groups in total. The molecule has 208 valence electrons. The van der Waals surface area contributed by atoms with E-state index < -0.39 is 0 Å². The number of allylic oxidation sites excluding steroid dienone is 5. The van der Waals surface area contributed by atoms with Crippen LogP contribution in [0.1, 0.15) is 51.2 Å². The van der Waals surface area contributed by atoms with Crippen molar-refractivity contribution in [3.05, 3.63) is 101 Å². The average Bonchev–Trinajstić information content (AvgIpc) is 2.89. The second-order valence-electron chi connectivity index (χ2n) is 8.77. The molecule has 38 heavy (non-hydrogen) atoms. The SMILES string of the molecule is C=N/C(CCOc1ccc(CN(C)C)cc1)=C(/C)O.CC/C(=C\C=C(/C)CC=O)OCl.Cc1ccccc1. The standard InChI is InChI=1S/C15H22N2O2.C9H13ClO2.C7H8/c1-12(18)15(16-2)9-10-19-14-7-5-13(6-8-14)11-17(3)4;1-3-9(12-10)5-4-8(2)6-7-11;1-7-5-3-2-4-6-7/h5-8,18H,2,9-11H2,1,3-4H3;4-5,7H,3,6H2,1-2H3;2-6H,1H3/b15-12-;8-4+,9-5+;. The van der Waals surface area contributed by atoms with Crippen molar-refractivity contribution in [2.45, 2.75) is 53.5 Å². The first-order valence-corrected chi connectivity index (χ1v) is 12.8. The van der Waals surface area contributed by atoms with Crippen LogP contribution in [-0.4, -0.2) is 43.7 Å². The third-order valence-corrected chi connectivity index (χ3v) is 5.18. The van der Waals surface area contributed by atoms with Crippen LogP contribution in [0.25, 0.3) is 0 Å². The molecule has 0 spiro atoms. The molecular weight excluding hydrogens is 500 g/mol. The number of ether oxygens (including phenoxy) is 1. The Morgan fingerprint density at radius 1 is 1.08 bits per heavy atom. The molecule has 0 radical (unpaired) electrons.